The molecule has 6 aromatic heterocycles. The predicted octanol–water partition coefficient (Wildman–Crippen LogP) is 22.7. The van der Waals surface area contributed by atoms with Crippen LogP contribution in [-0.4, -0.2) is 72.5 Å². The summed E-state index contributed by atoms with van der Waals surface area (Å²) < 4.78 is 15.8. The zero-order valence-corrected chi connectivity index (χ0v) is 76.9. The fourth-order valence-electron chi connectivity index (χ4n) is 14.1. The number of hydrogen-bond donors (Lipinski definition) is 4. The van der Waals surface area contributed by atoms with E-state index in [-0.39, 0.29) is 132 Å². The molecule has 8 heterocycles. The fourth-order valence-corrected chi connectivity index (χ4v) is 14.1. The number of aromatic nitrogens is 6. The summed E-state index contributed by atoms with van der Waals surface area (Å²) in [4.78, 5) is 71.8. The van der Waals surface area contributed by atoms with Gasteiger partial charge in [0.05, 0.1) is 64.0 Å². The van der Waals surface area contributed by atoms with E-state index in [9.17, 15) is 24.0 Å². The zero-order valence-electron chi connectivity index (χ0n) is 67.3. The Balaban J connectivity index is 0.000000167. The maximum Gasteiger partial charge on any atom is 0.246 e. The molecule has 2 aliphatic rings. The molecular formula is C101H80Ir4N6O11-4. The standard InChI is InChI=1S/C27H17N2.C20H12NO.C18H9N2O.C16H10NO.4C5H8O2.4Ir/c1-2-8-22-19(7-1)17-18-28-27(22)20-13-15-21(16-14-20)29-25-11-5-3-9-23(25)24-10-4-6-12-26(24)29;1-3-7-16-13(5-1)9-10-17-19-15(12-22-20(16)17)11-14-6-2-4-8-18(14)21-19;21-18-13-8-4-6-11-5-3-7-12(16(11)13)17-19-14-9-1-2-10-15(14)20(17)18;1-3-7-14-11(5-1)9-12-10-18-15-8-4-2-6-13(15)16(12)17-14;4*1-4(6)3-5(2)7;;;;/h1-13,15-18H;1-9,11H,12H2;1-6,8-10H;1-5,7-9H,10H2;4*3,6H,1-2H3;;;;/q4*-1;;;;;;;;. The molecule has 0 bridgehead atoms. The van der Waals surface area contributed by atoms with Gasteiger partial charge in [-0.2, -0.15) is 0 Å². The van der Waals surface area contributed by atoms with Gasteiger partial charge in [0, 0.05) is 150 Å². The minimum atomic E-state index is -0.125. The van der Waals surface area contributed by atoms with Crippen LogP contribution in [0.25, 0.3) is 143 Å². The van der Waals surface area contributed by atoms with Gasteiger partial charge in [0.15, 0.2) is 23.1 Å². The molecule has 620 valence electrons. The van der Waals surface area contributed by atoms with Crippen LogP contribution < -0.4 is 15.0 Å². The van der Waals surface area contributed by atoms with Crippen molar-refractivity contribution in [1.29, 1.82) is 0 Å². The third-order valence-electron chi connectivity index (χ3n) is 18.7. The van der Waals surface area contributed by atoms with Crippen molar-refractivity contribution in [3.8, 4) is 51.0 Å². The molecule has 0 spiro atoms. The van der Waals surface area contributed by atoms with Crippen molar-refractivity contribution in [2.75, 3.05) is 0 Å². The number of hydrogen-bond acceptors (Lipinski definition) is 15. The van der Waals surface area contributed by atoms with Gasteiger partial charge in [-0.3, -0.25) is 43.3 Å². The van der Waals surface area contributed by atoms with Crippen molar-refractivity contribution in [2.24, 2.45) is 0 Å². The number of para-hydroxylation sites is 6. The Kier molecular flexibility index (Phi) is 32.9. The molecule has 12 aromatic carbocycles. The van der Waals surface area contributed by atoms with Gasteiger partial charge >= 0.3 is 0 Å². The van der Waals surface area contributed by atoms with E-state index in [0.29, 0.717) is 18.9 Å². The van der Waals surface area contributed by atoms with E-state index in [0.717, 1.165) is 133 Å². The number of fused-ring (bicyclic) bond motifs is 18. The van der Waals surface area contributed by atoms with Crippen LogP contribution in [0.4, 0.5) is 0 Å². The van der Waals surface area contributed by atoms with E-state index in [4.69, 9.17) is 39.9 Å². The maximum absolute atomic E-state index is 12.9. The molecule has 4 radical (unpaired) electrons. The normalized spacial score (nSPS) is 11.6. The second-order valence-corrected chi connectivity index (χ2v) is 27.9. The van der Waals surface area contributed by atoms with Crippen LogP contribution in [0, 0.1) is 24.3 Å². The molecule has 20 rings (SSSR count). The predicted molar refractivity (Wildman–Crippen MR) is 471 cm³/mol. The Morgan fingerprint density at radius 2 is 0.869 bits per heavy atom. The average molecular weight is 2320 g/mol. The number of pyridine rings is 4. The van der Waals surface area contributed by atoms with Gasteiger partial charge in [-0.05, 0) is 153 Å². The molecule has 0 saturated carbocycles. The summed E-state index contributed by atoms with van der Waals surface area (Å²) in [6.07, 6.45) is 6.53. The zero-order chi connectivity index (χ0) is 83.1. The number of aliphatic hydroxyl groups is 4. The van der Waals surface area contributed by atoms with Crippen molar-refractivity contribution in [1.82, 2.24) is 28.9 Å². The monoisotopic (exact) mass is 2320 g/mol. The van der Waals surface area contributed by atoms with Crippen molar-refractivity contribution in [3.63, 3.8) is 0 Å². The minimum absolute atomic E-state index is 0. The van der Waals surface area contributed by atoms with E-state index in [1.54, 1.807) is 4.40 Å². The SMILES string of the molecule is CC(=O)C=C(C)O.CC(=O)C=C(C)O.CC(=O)C=C(C)O.CC(=O)C=C(C)O.O=c1c2cccc3cc[c-]c(c32)c2nc3ccccc3n12.[Ir].[Ir].[Ir].[Ir].[c-]1cc(-n2c3ccccc3c3ccccc32)ccc1-c1nccc2ccccc12.[c-]1cc2ccccc2c2c1-c1nc3ccccc3cc1CO2.[c-]1cccc2c1-c1nc3ccccc3cc1CO2. The molecule has 0 fully saturated rings. The molecule has 4 N–H and O–H groups in total. The van der Waals surface area contributed by atoms with Gasteiger partial charge in [-0.1, -0.05) is 196 Å². The van der Waals surface area contributed by atoms with E-state index in [2.05, 4.69) is 166 Å². The first-order valence-corrected chi connectivity index (χ1v) is 37.9. The molecule has 0 unspecified atom stereocenters. The van der Waals surface area contributed by atoms with Gasteiger partial charge in [0.25, 0.3) is 0 Å². The van der Waals surface area contributed by atoms with Crippen LogP contribution in [0.3, 0.4) is 0 Å². The number of allylic oxidation sites excluding steroid dienone is 8. The van der Waals surface area contributed by atoms with E-state index >= 15 is 0 Å². The summed E-state index contributed by atoms with van der Waals surface area (Å²) in [7, 11) is 0. The number of ketones is 4. The third kappa shape index (κ3) is 22.1. The molecule has 18 aromatic rings. The first kappa shape index (κ1) is 93.2. The van der Waals surface area contributed by atoms with Crippen LogP contribution in [-0.2, 0) is 113 Å². The molecule has 21 heteroatoms. The molecule has 0 saturated heterocycles. The summed E-state index contributed by atoms with van der Waals surface area (Å²) in [6, 6.07) is 101. The number of nitrogens with zero attached hydrogens (tertiary/aromatic N) is 6. The number of imidazole rings is 1. The Morgan fingerprint density at radius 1 is 0.393 bits per heavy atom. The topological polar surface area (TPSA) is 246 Å². The Morgan fingerprint density at radius 3 is 1.41 bits per heavy atom. The minimum Gasteiger partial charge on any atom is -0.533 e. The molecule has 122 heavy (non-hydrogen) atoms. The van der Waals surface area contributed by atoms with Crippen LogP contribution in [0.5, 0.6) is 11.5 Å². The van der Waals surface area contributed by atoms with Crippen molar-refractivity contribution in [2.45, 2.75) is 68.6 Å². The largest absolute Gasteiger partial charge is 0.533 e. The summed E-state index contributed by atoms with van der Waals surface area (Å²) >= 11 is 0. The van der Waals surface area contributed by atoms with Crippen LogP contribution in [0.2, 0.25) is 0 Å². The van der Waals surface area contributed by atoms with E-state index < -0.39 is 0 Å². The fraction of sp³-hybridized carbons (Fsp3) is 0.0990. The van der Waals surface area contributed by atoms with Gasteiger partial charge in [0.2, 0.25) is 5.56 Å². The van der Waals surface area contributed by atoms with Crippen molar-refractivity contribution < 1.29 is 129 Å². The van der Waals surface area contributed by atoms with Crippen LogP contribution >= 0.6 is 0 Å². The van der Waals surface area contributed by atoms with Gasteiger partial charge in [-0.25, -0.2) is 0 Å². The quantitative estimate of drug-likeness (QED) is 0.0687. The molecule has 2 aliphatic heterocycles. The summed E-state index contributed by atoms with van der Waals surface area (Å²) in [5.74, 6) is 1.51. The smallest absolute Gasteiger partial charge is 0.246 e. The second kappa shape index (κ2) is 43.0. The number of carbonyl (C=O) groups is 4. The Bertz CT molecular complexity index is 6860. The Hall–Kier alpha value is -12.6. The number of carbonyl (C=O) groups excluding carboxylic acids is 4. The molecule has 17 nitrogen and oxygen atoms in total. The van der Waals surface area contributed by atoms with E-state index in [1.807, 2.05) is 140 Å². The second-order valence-electron chi connectivity index (χ2n) is 27.9. The third-order valence-corrected chi connectivity index (χ3v) is 18.7. The summed E-state index contributed by atoms with van der Waals surface area (Å²) in [6.45, 7) is 12.5. The number of rotatable bonds is 6. The number of aliphatic hydroxyl groups excluding tert-OH is 4. The number of benzene rings is 12. The summed E-state index contributed by atoms with van der Waals surface area (Å²) in [5, 5.41) is 46.5. The van der Waals surface area contributed by atoms with Crippen LogP contribution in [0.1, 0.15) is 66.5 Å². The molecular weight excluding hydrogens is 2240 g/mol. The van der Waals surface area contributed by atoms with Gasteiger partial charge < -0.3 is 39.5 Å². The van der Waals surface area contributed by atoms with Crippen molar-refractivity contribution in [3.05, 3.63) is 360 Å². The Labute approximate surface area is 758 Å². The first-order chi connectivity index (χ1) is 57.1. The molecule has 0 aliphatic carbocycles. The van der Waals surface area contributed by atoms with Crippen LogP contribution in [0.15, 0.2) is 319 Å². The maximum atomic E-state index is 12.9. The summed E-state index contributed by atoms with van der Waals surface area (Å²) in [5.41, 5.74) is 16.0. The average Bonchev–Trinajstić information content (AvgIpc) is 1.19. The molecule has 0 amide bonds. The van der Waals surface area contributed by atoms with E-state index in [1.165, 1.54) is 107 Å². The first-order valence-electron chi connectivity index (χ1n) is 37.9. The van der Waals surface area contributed by atoms with Crippen molar-refractivity contribution >= 4 is 127 Å². The van der Waals surface area contributed by atoms with Gasteiger partial charge in [-0.15, -0.1) is 89.8 Å². The van der Waals surface area contributed by atoms with Gasteiger partial charge in [0.1, 0.15) is 0 Å². The molecule has 0 atom stereocenters. The number of ether oxygens (including phenoxy) is 2.